The quantitative estimate of drug-likeness (QED) is 0.849. The molecule has 2 rings (SSSR count). The van der Waals surface area contributed by atoms with Gasteiger partial charge in [0.1, 0.15) is 11.6 Å². The lowest BCUT2D eigenvalue weighted by molar-refractivity contribution is 0.461. The molecular weight excluding hydrogens is 198 g/mol. The summed E-state index contributed by atoms with van der Waals surface area (Å²) in [4.78, 5) is 8.85. The monoisotopic (exact) mass is 219 g/mol. The molecule has 0 amide bonds. The van der Waals surface area contributed by atoms with Crippen molar-refractivity contribution in [3.8, 4) is 0 Å². The van der Waals surface area contributed by atoms with Crippen LogP contribution in [0.25, 0.3) is 0 Å². The van der Waals surface area contributed by atoms with Gasteiger partial charge < -0.3 is 5.32 Å². The predicted octanol–water partition coefficient (Wildman–Crippen LogP) is 3.09. The molecule has 0 atom stereocenters. The number of nitrogens with zero attached hydrogens (tertiary/aromatic N) is 2. The van der Waals surface area contributed by atoms with Crippen LogP contribution in [0.5, 0.6) is 0 Å². The van der Waals surface area contributed by atoms with Crippen LogP contribution >= 0.6 is 0 Å². The summed E-state index contributed by atoms with van der Waals surface area (Å²) in [5.74, 6) is 1.88. The summed E-state index contributed by atoms with van der Waals surface area (Å²) >= 11 is 0. The Hall–Kier alpha value is -1.12. The van der Waals surface area contributed by atoms with Crippen LogP contribution < -0.4 is 5.32 Å². The molecule has 0 saturated heterocycles. The Morgan fingerprint density at radius 3 is 2.69 bits per heavy atom. The Kier molecular flexibility index (Phi) is 3.75. The van der Waals surface area contributed by atoms with Crippen LogP contribution in [0.4, 0.5) is 5.82 Å². The lowest BCUT2D eigenvalue weighted by atomic mass is 9.95. The molecule has 0 bridgehead atoms. The van der Waals surface area contributed by atoms with Crippen molar-refractivity contribution in [2.24, 2.45) is 0 Å². The van der Waals surface area contributed by atoms with Gasteiger partial charge in [-0.05, 0) is 26.2 Å². The molecule has 1 heterocycles. The molecule has 1 aromatic rings. The van der Waals surface area contributed by atoms with E-state index in [0.717, 1.165) is 23.8 Å². The van der Waals surface area contributed by atoms with Crippen molar-refractivity contribution < 1.29 is 0 Å². The van der Waals surface area contributed by atoms with E-state index in [0.29, 0.717) is 6.04 Å². The Bertz CT molecular complexity index is 343. The van der Waals surface area contributed by atoms with E-state index in [2.05, 4.69) is 28.3 Å². The van der Waals surface area contributed by atoms with Crippen molar-refractivity contribution in [1.29, 1.82) is 0 Å². The minimum absolute atomic E-state index is 0.618. The number of rotatable bonds is 3. The first-order valence-corrected chi connectivity index (χ1v) is 6.39. The first-order valence-electron chi connectivity index (χ1n) is 6.39. The lowest BCUT2D eigenvalue weighted by Crippen LogP contribution is -2.23. The smallest absolute Gasteiger partial charge is 0.130 e. The zero-order valence-corrected chi connectivity index (χ0v) is 10.3. The van der Waals surface area contributed by atoms with Gasteiger partial charge in [0, 0.05) is 17.8 Å². The molecule has 3 heteroatoms. The van der Waals surface area contributed by atoms with Gasteiger partial charge in [0.2, 0.25) is 0 Å². The van der Waals surface area contributed by atoms with Gasteiger partial charge in [-0.3, -0.25) is 0 Å². The molecule has 16 heavy (non-hydrogen) atoms. The highest BCUT2D eigenvalue weighted by molar-refractivity contribution is 5.37. The minimum atomic E-state index is 0.618. The summed E-state index contributed by atoms with van der Waals surface area (Å²) in [5.41, 5.74) is 1.13. The Balaban J connectivity index is 2.04. The summed E-state index contributed by atoms with van der Waals surface area (Å²) in [5, 5.41) is 3.55. The van der Waals surface area contributed by atoms with E-state index in [-0.39, 0.29) is 0 Å². The van der Waals surface area contributed by atoms with Crippen LogP contribution in [0.3, 0.4) is 0 Å². The fraction of sp³-hybridized carbons (Fsp3) is 0.692. The van der Waals surface area contributed by atoms with Crippen LogP contribution in [0.1, 0.15) is 50.5 Å². The largest absolute Gasteiger partial charge is 0.367 e. The number of aromatic nitrogens is 2. The molecule has 1 saturated carbocycles. The van der Waals surface area contributed by atoms with Crippen LogP contribution in [-0.4, -0.2) is 16.0 Å². The third kappa shape index (κ3) is 2.94. The van der Waals surface area contributed by atoms with E-state index < -0.39 is 0 Å². The standard InChI is InChI=1S/C13H21N3/c1-3-11-9-13(15-10(2)14-11)16-12-7-5-4-6-8-12/h9,12H,3-8H2,1-2H3,(H,14,15,16). The molecule has 0 aromatic carbocycles. The normalized spacial score (nSPS) is 17.4. The van der Waals surface area contributed by atoms with Gasteiger partial charge in [-0.25, -0.2) is 9.97 Å². The van der Waals surface area contributed by atoms with Crippen LogP contribution in [0.15, 0.2) is 6.07 Å². The molecule has 0 unspecified atom stereocenters. The summed E-state index contributed by atoms with van der Waals surface area (Å²) in [7, 11) is 0. The van der Waals surface area contributed by atoms with Gasteiger partial charge in [-0.1, -0.05) is 26.2 Å². The van der Waals surface area contributed by atoms with Gasteiger partial charge in [0.25, 0.3) is 0 Å². The van der Waals surface area contributed by atoms with Crippen LogP contribution in [0, 0.1) is 6.92 Å². The van der Waals surface area contributed by atoms with E-state index >= 15 is 0 Å². The average molecular weight is 219 g/mol. The second-order valence-corrected chi connectivity index (χ2v) is 4.62. The first-order chi connectivity index (χ1) is 7.78. The van der Waals surface area contributed by atoms with Crippen molar-refractivity contribution in [2.45, 2.75) is 58.4 Å². The third-order valence-electron chi connectivity index (χ3n) is 3.21. The lowest BCUT2D eigenvalue weighted by Gasteiger charge is -2.23. The maximum atomic E-state index is 4.45. The van der Waals surface area contributed by atoms with Gasteiger partial charge in [-0.2, -0.15) is 0 Å². The first kappa shape index (κ1) is 11.4. The predicted molar refractivity (Wildman–Crippen MR) is 66.6 cm³/mol. The SMILES string of the molecule is CCc1cc(NC2CCCCC2)nc(C)n1. The summed E-state index contributed by atoms with van der Waals surface area (Å²) in [6.45, 7) is 4.09. The van der Waals surface area contributed by atoms with Crippen LogP contribution in [0.2, 0.25) is 0 Å². The Labute approximate surface area is 97.7 Å². The van der Waals surface area contributed by atoms with Crippen molar-refractivity contribution in [3.63, 3.8) is 0 Å². The topological polar surface area (TPSA) is 37.8 Å². The number of nitrogens with one attached hydrogen (secondary N) is 1. The van der Waals surface area contributed by atoms with Gasteiger partial charge >= 0.3 is 0 Å². The molecule has 3 nitrogen and oxygen atoms in total. The average Bonchev–Trinajstić information content (AvgIpc) is 2.29. The summed E-state index contributed by atoms with van der Waals surface area (Å²) < 4.78 is 0. The Morgan fingerprint density at radius 2 is 2.00 bits per heavy atom. The molecule has 1 aliphatic carbocycles. The zero-order chi connectivity index (χ0) is 11.4. The number of hydrogen-bond acceptors (Lipinski definition) is 3. The maximum Gasteiger partial charge on any atom is 0.130 e. The van der Waals surface area contributed by atoms with E-state index in [1.54, 1.807) is 0 Å². The number of hydrogen-bond donors (Lipinski definition) is 1. The minimum Gasteiger partial charge on any atom is -0.367 e. The summed E-state index contributed by atoms with van der Waals surface area (Å²) in [6, 6.07) is 2.70. The molecule has 1 N–H and O–H groups in total. The second kappa shape index (κ2) is 5.28. The Morgan fingerprint density at radius 1 is 1.25 bits per heavy atom. The highest BCUT2D eigenvalue weighted by atomic mass is 15.0. The van der Waals surface area contributed by atoms with Crippen LogP contribution in [-0.2, 0) is 6.42 Å². The third-order valence-corrected chi connectivity index (χ3v) is 3.21. The van der Waals surface area contributed by atoms with E-state index in [9.17, 15) is 0 Å². The highest BCUT2D eigenvalue weighted by Gasteiger charge is 2.13. The molecule has 0 aliphatic heterocycles. The summed E-state index contributed by atoms with van der Waals surface area (Å²) in [6.07, 6.45) is 7.63. The maximum absolute atomic E-state index is 4.45. The van der Waals surface area contributed by atoms with Crippen molar-refractivity contribution in [1.82, 2.24) is 9.97 Å². The highest BCUT2D eigenvalue weighted by Crippen LogP contribution is 2.21. The van der Waals surface area contributed by atoms with Crippen molar-refractivity contribution in [3.05, 3.63) is 17.6 Å². The van der Waals surface area contributed by atoms with Crippen molar-refractivity contribution >= 4 is 5.82 Å². The van der Waals surface area contributed by atoms with Gasteiger partial charge in [0.05, 0.1) is 0 Å². The van der Waals surface area contributed by atoms with Crippen molar-refractivity contribution in [2.75, 3.05) is 5.32 Å². The fourth-order valence-corrected chi connectivity index (χ4v) is 2.34. The number of aryl methyl sites for hydroxylation is 2. The van der Waals surface area contributed by atoms with Gasteiger partial charge in [0.15, 0.2) is 0 Å². The van der Waals surface area contributed by atoms with Gasteiger partial charge in [-0.15, -0.1) is 0 Å². The molecule has 88 valence electrons. The molecular formula is C13H21N3. The zero-order valence-electron chi connectivity index (χ0n) is 10.3. The molecule has 1 fully saturated rings. The molecule has 0 spiro atoms. The molecule has 1 aromatic heterocycles. The second-order valence-electron chi connectivity index (χ2n) is 4.62. The molecule has 1 aliphatic rings. The van der Waals surface area contributed by atoms with E-state index in [1.165, 1.54) is 32.1 Å². The van der Waals surface area contributed by atoms with E-state index in [4.69, 9.17) is 0 Å². The fourth-order valence-electron chi connectivity index (χ4n) is 2.34. The number of anilines is 1. The molecule has 0 radical (unpaired) electrons. The van der Waals surface area contributed by atoms with E-state index in [1.807, 2.05) is 6.92 Å².